The summed E-state index contributed by atoms with van der Waals surface area (Å²) in [5.41, 5.74) is 4.28. The predicted octanol–water partition coefficient (Wildman–Crippen LogP) is 7.15. The van der Waals surface area contributed by atoms with E-state index >= 15 is 0 Å². The Labute approximate surface area is 182 Å². The summed E-state index contributed by atoms with van der Waals surface area (Å²) in [4.78, 5) is 14.6. The van der Waals surface area contributed by atoms with E-state index in [0.717, 1.165) is 28.1 Å². The van der Waals surface area contributed by atoms with Crippen molar-refractivity contribution in [2.75, 3.05) is 0 Å². The largest absolute Gasteiger partial charge is 0.213 e. The van der Waals surface area contributed by atoms with Crippen molar-refractivity contribution in [3.8, 4) is 33.9 Å². The SMILES string of the molecule is CC(C)c1nc(-c2ccc3ccccc3c2)nc(-c2ccccc2-c2ccccc2)n1. The fourth-order valence-electron chi connectivity index (χ4n) is 3.78. The highest BCUT2D eigenvalue weighted by Crippen LogP contribution is 2.32. The molecule has 1 aromatic heterocycles. The predicted molar refractivity (Wildman–Crippen MR) is 128 cm³/mol. The molecule has 4 aromatic carbocycles. The van der Waals surface area contributed by atoms with Crippen LogP contribution in [0.5, 0.6) is 0 Å². The van der Waals surface area contributed by atoms with Gasteiger partial charge in [0.1, 0.15) is 5.82 Å². The number of aromatic nitrogens is 3. The lowest BCUT2D eigenvalue weighted by molar-refractivity contribution is 0.766. The Hall–Kier alpha value is -3.85. The van der Waals surface area contributed by atoms with Gasteiger partial charge in [0.25, 0.3) is 0 Å². The summed E-state index contributed by atoms with van der Waals surface area (Å²) in [7, 11) is 0. The van der Waals surface area contributed by atoms with Crippen LogP contribution >= 0.6 is 0 Å². The number of benzene rings is 4. The van der Waals surface area contributed by atoms with E-state index < -0.39 is 0 Å². The van der Waals surface area contributed by atoms with Crippen LogP contribution in [0.15, 0.2) is 97.1 Å². The molecule has 0 radical (unpaired) electrons. The molecule has 0 aliphatic carbocycles. The van der Waals surface area contributed by atoms with Crippen LogP contribution in [0.2, 0.25) is 0 Å². The van der Waals surface area contributed by atoms with Gasteiger partial charge in [-0.05, 0) is 28.0 Å². The highest BCUT2D eigenvalue weighted by molar-refractivity contribution is 5.87. The average molecular weight is 402 g/mol. The van der Waals surface area contributed by atoms with E-state index in [0.29, 0.717) is 11.6 Å². The van der Waals surface area contributed by atoms with Crippen LogP contribution in [-0.2, 0) is 0 Å². The van der Waals surface area contributed by atoms with Gasteiger partial charge in [0, 0.05) is 17.0 Å². The van der Waals surface area contributed by atoms with E-state index in [1.807, 2.05) is 12.1 Å². The Morgan fingerprint density at radius 2 is 1.16 bits per heavy atom. The lowest BCUT2D eigenvalue weighted by Gasteiger charge is -2.13. The zero-order valence-corrected chi connectivity index (χ0v) is 17.7. The maximum Gasteiger partial charge on any atom is 0.164 e. The van der Waals surface area contributed by atoms with Crippen molar-refractivity contribution in [2.45, 2.75) is 19.8 Å². The van der Waals surface area contributed by atoms with Crippen LogP contribution in [0.3, 0.4) is 0 Å². The van der Waals surface area contributed by atoms with E-state index in [-0.39, 0.29) is 5.92 Å². The average Bonchev–Trinajstić information content (AvgIpc) is 2.84. The monoisotopic (exact) mass is 401 g/mol. The van der Waals surface area contributed by atoms with E-state index in [1.165, 1.54) is 10.8 Å². The van der Waals surface area contributed by atoms with Crippen LogP contribution in [0, 0.1) is 0 Å². The van der Waals surface area contributed by atoms with Gasteiger partial charge in [-0.1, -0.05) is 105 Å². The molecule has 0 aliphatic heterocycles. The topological polar surface area (TPSA) is 38.7 Å². The van der Waals surface area contributed by atoms with Gasteiger partial charge in [-0.2, -0.15) is 0 Å². The van der Waals surface area contributed by atoms with Gasteiger partial charge in [-0.15, -0.1) is 0 Å². The first kappa shape index (κ1) is 19.1. The maximum atomic E-state index is 4.93. The number of rotatable bonds is 4. The van der Waals surface area contributed by atoms with Crippen LogP contribution in [0.1, 0.15) is 25.6 Å². The summed E-state index contributed by atoms with van der Waals surface area (Å²) in [6, 6.07) is 33.4. The van der Waals surface area contributed by atoms with Gasteiger partial charge in [-0.25, -0.2) is 15.0 Å². The van der Waals surface area contributed by atoms with Crippen molar-refractivity contribution >= 4 is 10.8 Å². The highest BCUT2D eigenvalue weighted by atomic mass is 15.0. The van der Waals surface area contributed by atoms with E-state index in [2.05, 4.69) is 98.8 Å². The second-order valence-corrected chi connectivity index (χ2v) is 7.97. The molecule has 0 spiro atoms. The van der Waals surface area contributed by atoms with Gasteiger partial charge >= 0.3 is 0 Å². The van der Waals surface area contributed by atoms with Crippen LogP contribution in [-0.4, -0.2) is 15.0 Å². The van der Waals surface area contributed by atoms with E-state index in [1.54, 1.807) is 0 Å². The molecule has 0 saturated heterocycles. The Balaban J connectivity index is 1.70. The molecule has 0 bridgehead atoms. The summed E-state index contributed by atoms with van der Waals surface area (Å²) in [5, 5.41) is 2.39. The zero-order valence-electron chi connectivity index (χ0n) is 17.7. The molecule has 3 nitrogen and oxygen atoms in total. The first-order chi connectivity index (χ1) is 15.2. The minimum absolute atomic E-state index is 0.199. The Morgan fingerprint density at radius 1 is 0.516 bits per heavy atom. The zero-order chi connectivity index (χ0) is 21.2. The first-order valence-electron chi connectivity index (χ1n) is 10.6. The molecule has 0 saturated carbocycles. The second-order valence-electron chi connectivity index (χ2n) is 7.97. The minimum Gasteiger partial charge on any atom is -0.213 e. The molecule has 0 unspecified atom stereocenters. The van der Waals surface area contributed by atoms with Crippen LogP contribution in [0.4, 0.5) is 0 Å². The fourth-order valence-corrected chi connectivity index (χ4v) is 3.78. The second kappa shape index (κ2) is 8.11. The van der Waals surface area contributed by atoms with Crippen molar-refractivity contribution < 1.29 is 0 Å². The van der Waals surface area contributed by atoms with Gasteiger partial charge in [0.2, 0.25) is 0 Å². The fraction of sp³-hybridized carbons (Fsp3) is 0.107. The van der Waals surface area contributed by atoms with Gasteiger partial charge in [0.15, 0.2) is 11.6 Å². The molecular weight excluding hydrogens is 378 g/mol. The highest BCUT2D eigenvalue weighted by Gasteiger charge is 2.15. The van der Waals surface area contributed by atoms with Gasteiger partial charge in [-0.3, -0.25) is 0 Å². The number of nitrogens with zero attached hydrogens (tertiary/aromatic N) is 3. The molecule has 0 aliphatic rings. The van der Waals surface area contributed by atoms with Crippen molar-refractivity contribution in [1.29, 1.82) is 0 Å². The van der Waals surface area contributed by atoms with Gasteiger partial charge < -0.3 is 0 Å². The van der Waals surface area contributed by atoms with Crippen LogP contribution < -0.4 is 0 Å². The molecule has 5 rings (SSSR count). The molecule has 150 valence electrons. The third-order valence-corrected chi connectivity index (χ3v) is 5.43. The summed E-state index contributed by atoms with van der Waals surface area (Å²) < 4.78 is 0. The standard InChI is InChI=1S/C28H23N3/c1-19(2)26-29-27(23-17-16-20-10-6-7-13-22(20)18-23)31-28(30-26)25-15-9-8-14-24(25)21-11-4-3-5-12-21/h3-19H,1-2H3. The lowest BCUT2D eigenvalue weighted by Crippen LogP contribution is -2.05. The van der Waals surface area contributed by atoms with Crippen molar-refractivity contribution in [3.63, 3.8) is 0 Å². The summed E-state index contributed by atoms with van der Waals surface area (Å²) in [6.45, 7) is 4.23. The molecule has 0 N–H and O–H groups in total. The van der Waals surface area contributed by atoms with E-state index in [4.69, 9.17) is 15.0 Å². The van der Waals surface area contributed by atoms with Crippen molar-refractivity contribution in [2.24, 2.45) is 0 Å². The normalized spacial score (nSPS) is 11.2. The Kier molecular flexibility index (Phi) is 5.01. The molecular formula is C28H23N3. The quantitative estimate of drug-likeness (QED) is 0.321. The molecule has 0 amide bonds. The summed E-state index contributed by atoms with van der Waals surface area (Å²) >= 11 is 0. The maximum absolute atomic E-state index is 4.93. The van der Waals surface area contributed by atoms with Gasteiger partial charge in [0.05, 0.1) is 0 Å². The minimum atomic E-state index is 0.199. The molecule has 0 atom stereocenters. The summed E-state index contributed by atoms with van der Waals surface area (Å²) in [5.74, 6) is 2.42. The Morgan fingerprint density at radius 3 is 1.94 bits per heavy atom. The Bertz CT molecular complexity index is 1360. The molecule has 0 fully saturated rings. The number of hydrogen-bond acceptors (Lipinski definition) is 3. The molecule has 5 aromatic rings. The molecule has 3 heteroatoms. The number of hydrogen-bond donors (Lipinski definition) is 0. The van der Waals surface area contributed by atoms with Crippen LogP contribution in [0.25, 0.3) is 44.7 Å². The summed E-state index contributed by atoms with van der Waals surface area (Å²) in [6.07, 6.45) is 0. The smallest absolute Gasteiger partial charge is 0.164 e. The molecule has 31 heavy (non-hydrogen) atoms. The van der Waals surface area contributed by atoms with Crippen molar-refractivity contribution in [1.82, 2.24) is 15.0 Å². The first-order valence-corrected chi connectivity index (χ1v) is 10.6. The number of fused-ring (bicyclic) bond motifs is 1. The third-order valence-electron chi connectivity index (χ3n) is 5.43. The van der Waals surface area contributed by atoms with E-state index in [9.17, 15) is 0 Å². The lowest BCUT2D eigenvalue weighted by atomic mass is 9.99. The van der Waals surface area contributed by atoms with Crippen molar-refractivity contribution in [3.05, 3.63) is 103 Å². The third kappa shape index (κ3) is 3.82. The molecule has 1 heterocycles.